The zero-order valence-electron chi connectivity index (χ0n) is 23.1. The van der Waals surface area contributed by atoms with Gasteiger partial charge in [-0.15, -0.1) is 0 Å². The molecule has 3 heterocycles. The number of carbonyl (C=O) groups excluding carboxylic acids is 3. The second kappa shape index (κ2) is 12.0. The maximum atomic E-state index is 13.2. The minimum absolute atomic E-state index is 0.187. The van der Waals surface area contributed by atoms with Crippen molar-refractivity contribution < 1.29 is 18.8 Å². The molecule has 6 rings (SSSR count). The molecular weight excluding hydrogens is 518 g/mol. The molecule has 0 radical (unpaired) electrons. The molecule has 1 aliphatic carbocycles. The molecule has 2 fully saturated rings. The topological polar surface area (TPSA) is 108 Å². The summed E-state index contributed by atoms with van der Waals surface area (Å²) in [5.41, 5.74) is 4.61. The minimum atomic E-state index is -0.368. The largest absolute Gasteiger partial charge is 0.448 e. The zero-order chi connectivity index (χ0) is 28.2. The van der Waals surface area contributed by atoms with Gasteiger partial charge in [-0.2, -0.15) is 0 Å². The van der Waals surface area contributed by atoms with E-state index in [4.69, 9.17) is 4.42 Å². The highest BCUT2D eigenvalue weighted by Crippen LogP contribution is 2.39. The average Bonchev–Trinajstić information content (AvgIpc) is 3.59. The summed E-state index contributed by atoms with van der Waals surface area (Å²) < 4.78 is 5.53. The Kier molecular flexibility index (Phi) is 7.84. The van der Waals surface area contributed by atoms with Crippen molar-refractivity contribution in [2.45, 2.75) is 44.4 Å². The highest BCUT2D eigenvalue weighted by atomic mass is 16.3. The van der Waals surface area contributed by atoms with Crippen molar-refractivity contribution in [1.29, 1.82) is 0 Å². The van der Waals surface area contributed by atoms with Crippen LogP contribution in [0.15, 0.2) is 65.3 Å². The second-order valence-electron chi connectivity index (χ2n) is 10.9. The standard InChI is InChI=1S/C32H35N5O4/c38-29-8-4-16-37(29)17-5-15-33-30(39)25-11-12-28(36-18-13-23(14-19-36)22-6-2-1-3-7-22)26(20-25)34-31(40)27-21-41-32(35-27)24-9-10-24/h1-3,6-7,11-13,20-21,24H,4-5,8-10,14-19H2,(H,33,39)(H,34,40). The molecule has 2 aliphatic heterocycles. The van der Waals surface area contributed by atoms with Gasteiger partial charge in [0.1, 0.15) is 6.26 Å². The maximum absolute atomic E-state index is 13.2. The lowest BCUT2D eigenvalue weighted by molar-refractivity contribution is -0.127. The van der Waals surface area contributed by atoms with Crippen LogP contribution < -0.4 is 15.5 Å². The molecule has 9 nitrogen and oxygen atoms in total. The Hall–Kier alpha value is -4.40. The molecule has 3 aliphatic rings. The van der Waals surface area contributed by atoms with Crippen molar-refractivity contribution in [2.24, 2.45) is 0 Å². The van der Waals surface area contributed by atoms with E-state index < -0.39 is 0 Å². The fourth-order valence-electron chi connectivity index (χ4n) is 5.47. The summed E-state index contributed by atoms with van der Waals surface area (Å²) in [6.45, 7) is 3.37. The predicted molar refractivity (Wildman–Crippen MR) is 157 cm³/mol. The van der Waals surface area contributed by atoms with Gasteiger partial charge in [0, 0.05) is 50.6 Å². The molecule has 9 heteroatoms. The number of oxazole rings is 1. The quantitative estimate of drug-likeness (QED) is 0.348. The Morgan fingerprint density at radius 3 is 2.61 bits per heavy atom. The first kappa shape index (κ1) is 26.8. The molecular formula is C32H35N5O4. The van der Waals surface area contributed by atoms with E-state index in [2.05, 4.69) is 38.7 Å². The Morgan fingerprint density at radius 2 is 1.88 bits per heavy atom. The van der Waals surface area contributed by atoms with Crippen LogP contribution in [-0.4, -0.2) is 60.3 Å². The summed E-state index contributed by atoms with van der Waals surface area (Å²) in [6.07, 6.45) is 8.77. The van der Waals surface area contributed by atoms with Gasteiger partial charge in [-0.1, -0.05) is 36.4 Å². The summed E-state index contributed by atoms with van der Waals surface area (Å²) in [7, 11) is 0. The van der Waals surface area contributed by atoms with Crippen LogP contribution in [0, 0.1) is 0 Å². The van der Waals surface area contributed by atoms with Gasteiger partial charge in [0.2, 0.25) is 5.91 Å². The van der Waals surface area contributed by atoms with Crippen molar-refractivity contribution in [2.75, 3.05) is 42.9 Å². The number of hydrogen-bond donors (Lipinski definition) is 2. The van der Waals surface area contributed by atoms with E-state index in [1.807, 2.05) is 29.2 Å². The van der Waals surface area contributed by atoms with E-state index in [1.165, 1.54) is 17.4 Å². The maximum Gasteiger partial charge on any atom is 0.277 e. The molecule has 1 aromatic heterocycles. The van der Waals surface area contributed by atoms with E-state index in [0.717, 1.165) is 44.5 Å². The van der Waals surface area contributed by atoms with E-state index >= 15 is 0 Å². The van der Waals surface area contributed by atoms with Crippen molar-refractivity contribution in [1.82, 2.24) is 15.2 Å². The van der Waals surface area contributed by atoms with Crippen LogP contribution in [0.1, 0.15) is 76.7 Å². The number of nitrogens with one attached hydrogen (secondary N) is 2. The Labute approximate surface area is 239 Å². The van der Waals surface area contributed by atoms with E-state index in [0.29, 0.717) is 55.5 Å². The lowest BCUT2D eigenvalue weighted by Crippen LogP contribution is -2.31. The van der Waals surface area contributed by atoms with Crippen LogP contribution in [0.4, 0.5) is 11.4 Å². The summed E-state index contributed by atoms with van der Waals surface area (Å²) in [4.78, 5) is 46.5. The third-order valence-electron chi connectivity index (χ3n) is 7.94. The van der Waals surface area contributed by atoms with E-state index in [1.54, 1.807) is 12.1 Å². The number of benzene rings is 2. The second-order valence-corrected chi connectivity index (χ2v) is 10.9. The van der Waals surface area contributed by atoms with Crippen LogP contribution >= 0.6 is 0 Å². The van der Waals surface area contributed by atoms with Gasteiger partial charge in [0.25, 0.3) is 11.8 Å². The lowest BCUT2D eigenvalue weighted by atomic mass is 9.99. The van der Waals surface area contributed by atoms with Crippen LogP contribution in [0.3, 0.4) is 0 Å². The summed E-state index contributed by atoms with van der Waals surface area (Å²) >= 11 is 0. The average molecular weight is 554 g/mol. The molecule has 41 heavy (non-hydrogen) atoms. The summed E-state index contributed by atoms with van der Waals surface area (Å²) in [5.74, 6) is 0.511. The molecule has 0 bridgehead atoms. The molecule has 3 aromatic rings. The van der Waals surface area contributed by atoms with Crippen LogP contribution in [0.5, 0.6) is 0 Å². The van der Waals surface area contributed by atoms with Crippen LogP contribution in [-0.2, 0) is 4.79 Å². The van der Waals surface area contributed by atoms with Crippen molar-refractivity contribution in [3.8, 4) is 0 Å². The Bertz CT molecular complexity index is 1460. The van der Waals surface area contributed by atoms with E-state index in [9.17, 15) is 14.4 Å². The predicted octanol–water partition coefficient (Wildman–Crippen LogP) is 4.84. The normalized spacial score (nSPS) is 17.0. The first-order valence-corrected chi connectivity index (χ1v) is 14.5. The number of nitrogens with zero attached hydrogens (tertiary/aromatic N) is 3. The number of aromatic nitrogens is 1. The van der Waals surface area contributed by atoms with Gasteiger partial charge in [0.05, 0.1) is 11.4 Å². The summed E-state index contributed by atoms with van der Waals surface area (Å²) in [5, 5.41) is 5.95. The lowest BCUT2D eigenvalue weighted by Gasteiger charge is -2.30. The van der Waals surface area contributed by atoms with Gasteiger partial charge in [-0.05, 0) is 61.4 Å². The number of carbonyl (C=O) groups is 3. The SMILES string of the molecule is O=C(NCCCN1CCCC1=O)c1ccc(N2CC=C(c3ccccc3)CC2)c(NC(=O)c2coc(C3CC3)n2)c1. The van der Waals surface area contributed by atoms with Gasteiger partial charge in [-0.3, -0.25) is 14.4 Å². The first-order chi connectivity index (χ1) is 20.0. The molecule has 1 saturated heterocycles. The molecule has 0 atom stereocenters. The van der Waals surface area contributed by atoms with Gasteiger partial charge in [-0.25, -0.2) is 4.98 Å². The monoisotopic (exact) mass is 553 g/mol. The van der Waals surface area contributed by atoms with E-state index in [-0.39, 0.29) is 23.4 Å². The fourth-order valence-corrected chi connectivity index (χ4v) is 5.47. The third kappa shape index (κ3) is 6.34. The van der Waals surface area contributed by atoms with Gasteiger partial charge in [0.15, 0.2) is 11.6 Å². The highest BCUT2D eigenvalue weighted by molar-refractivity contribution is 6.06. The fraction of sp³-hybridized carbons (Fsp3) is 0.375. The first-order valence-electron chi connectivity index (χ1n) is 14.5. The molecule has 3 amide bonds. The van der Waals surface area contributed by atoms with Crippen molar-refractivity contribution in [3.05, 3.63) is 83.6 Å². The number of likely N-dealkylation sites (tertiary alicyclic amines) is 1. The molecule has 0 unspecified atom stereocenters. The molecule has 212 valence electrons. The van der Waals surface area contributed by atoms with Gasteiger partial charge >= 0.3 is 0 Å². The molecule has 2 aromatic carbocycles. The van der Waals surface area contributed by atoms with Gasteiger partial charge < -0.3 is 24.9 Å². The Balaban J connectivity index is 1.17. The number of rotatable bonds is 10. The summed E-state index contributed by atoms with van der Waals surface area (Å²) in [6, 6.07) is 15.8. The number of anilines is 2. The van der Waals surface area contributed by atoms with Crippen molar-refractivity contribution in [3.63, 3.8) is 0 Å². The third-order valence-corrected chi connectivity index (χ3v) is 7.94. The number of hydrogen-bond acceptors (Lipinski definition) is 6. The highest BCUT2D eigenvalue weighted by Gasteiger charge is 2.30. The zero-order valence-corrected chi connectivity index (χ0v) is 23.1. The molecule has 2 N–H and O–H groups in total. The smallest absolute Gasteiger partial charge is 0.277 e. The molecule has 0 spiro atoms. The minimum Gasteiger partial charge on any atom is -0.448 e. The van der Waals surface area contributed by atoms with Crippen LogP contribution in [0.2, 0.25) is 0 Å². The number of amides is 3. The van der Waals surface area contributed by atoms with Crippen LogP contribution in [0.25, 0.3) is 5.57 Å². The Morgan fingerprint density at radius 1 is 1.02 bits per heavy atom. The molecule has 1 saturated carbocycles. The van der Waals surface area contributed by atoms with Crippen molar-refractivity contribution >= 4 is 34.7 Å².